The van der Waals surface area contributed by atoms with Crippen LogP contribution < -0.4 is 14.8 Å². The van der Waals surface area contributed by atoms with E-state index >= 15 is 0 Å². The summed E-state index contributed by atoms with van der Waals surface area (Å²) in [7, 11) is -2.21. The van der Waals surface area contributed by atoms with Crippen LogP contribution in [0, 0.1) is 0 Å². The summed E-state index contributed by atoms with van der Waals surface area (Å²) in [5.41, 5.74) is 1.26. The van der Waals surface area contributed by atoms with E-state index in [1.54, 1.807) is 12.1 Å². The second-order valence-corrected chi connectivity index (χ2v) is 9.82. The number of nitrogens with one attached hydrogen (secondary N) is 1. The maximum absolute atomic E-state index is 12.9. The minimum atomic E-state index is -3.69. The van der Waals surface area contributed by atoms with Gasteiger partial charge >= 0.3 is 0 Å². The summed E-state index contributed by atoms with van der Waals surface area (Å²) in [4.78, 5) is 12.9. The third kappa shape index (κ3) is 5.16. The van der Waals surface area contributed by atoms with Gasteiger partial charge in [-0.3, -0.25) is 4.79 Å². The van der Waals surface area contributed by atoms with Gasteiger partial charge in [0.25, 0.3) is 5.91 Å². The summed E-state index contributed by atoms with van der Waals surface area (Å²) in [5.74, 6) is 0.0880. The number of anilines is 1. The van der Waals surface area contributed by atoms with Crippen LogP contribution in [0.25, 0.3) is 0 Å². The molecule has 9 heteroatoms. The molecule has 1 aliphatic heterocycles. The zero-order valence-electron chi connectivity index (χ0n) is 18.7. The highest BCUT2D eigenvalue weighted by molar-refractivity contribution is 7.89. The lowest BCUT2D eigenvalue weighted by molar-refractivity contribution is 0.102. The third-order valence-corrected chi connectivity index (χ3v) is 7.48. The first kappa shape index (κ1) is 23.6. The molecule has 0 spiro atoms. The number of nitrogens with zero attached hydrogens (tertiary/aromatic N) is 1. The van der Waals surface area contributed by atoms with Crippen molar-refractivity contribution in [2.24, 2.45) is 0 Å². The van der Waals surface area contributed by atoms with Crippen molar-refractivity contribution in [1.29, 1.82) is 0 Å². The Bertz CT molecular complexity index is 1270. The first-order chi connectivity index (χ1) is 16.4. The van der Waals surface area contributed by atoms with E-state index < -0.39 is 15.9 Å². The molecule has 1 saturated heterocycles. The Morgan fingerprint density at radius 1 is 1.00 bits per heavy atom. The van der Waals surface area contributed by atoms with Crippen molar-refractivity contribution in [2.75, 3.05) is 25.5 Å². The number of phenols is 1. The Morgan fingerprint density at radius 3 is 2.44 bits per heavy atom. The fraction of sp³-hybridized carbons (Fsp3) is 0.240. The number of carbonyl (C=O) groups is 1. The van der Waals surface area contributed by atoms with Gasteiger partial charge in [0.15, 0.2) is 11.5 Å². The van der Waals surface area contributed by atoms with E-state index in [0.717, 1.165) is 18.4 Å². The van der Waals surface area contributed by atoms with Crippen molar-refractivity contribution in [1.82, 2.24) is 4.31 Å². The van der Waals surface area contributed by atoms with Crippen molar-refractivity contribution in [3.05, 3.63) is 77.9 Å². The number of ether oxygens (including phenoxy) is 2. The number of aromatic hydroxyl groups is 1. The standard InChI is InChI=1S/C25H26N2O6S/c1-32-24-15-19(9-12-23(24)33-17-18-7-3-2-4-8-18)25(29)26-21-16-20(10-11-22(21)28)34(30,31)27-13-5-6-14-27/h2-4,7-12,15-16,28H,5-6,13-14,17H2,1H3,(H,26,29). The molecule has 0 bridgehead atoms. The molecule has 8 nitrogen and oxygen atoms in total. The lowest BCUT2D eigenvalue weighted by Crippen LogP contribution is -2.28. The van der Waals surface area contributed by atoms with E-state index in [1.165, 1.54) is 35.7 Å². The lowest BCUT2D eigenvalue weighted by atomic mass is 10.1. The van der Waals surface area contributed by atoms with Crippen LogP contribution in [0.4, 0.5) is 5.69 Å². The monoisotopic (exact) mass is 482 g/mol. The summed E-state index contributed by atoms with van der Waals surface area (Å²) in [5, 5.41) is 12.8. The fourth-order valence-electron chi connectivity index (χ4n) is 3.71. The smallest absolute Gasteiger partial charge is 0.255 e. The zero-order chi connectivity index (χ0) is 24.1. The predicted molar refractivity (Wildman–Crippen MR) is 128 cm³/mol. The van der Waals surface area contributed by atoms with Gasteiger partial charge in [-0.2, -0.15) is 4.31 Å². The summed E-state index contributed by atoms with van der Waals surface area (Å²) in [6, 6.07) is 18.2. The first-order valence-corrected chi connectivity index (χ1v) is 12.3. The summed E-state index contributed by atoms with van der Waals surface area (Å²) in [6.07, 6.45) is 1.63. The average Bonchev–Trinajstić information content (AvgIpc) is 3.40. The Morgan fingerprint density at radius 2 is 1.74 bits per heavy atom. The Labute approximate surface area is 198 Å². The lowest BCUT2D eigenvalue weighted by Gasteiger charge is -2.17. The topological polar surface area (TPSA) is 105 Å². The van der Waals surface area contributed by atoms with E-state index in [1.807, 2.05) is 30.3 Å². The molecule has 2 N–H and O–H groups in total. The van der Waals surface area contributed by atoms with Crippen molar-refractivity contribution in [3.8, 4) is 17.2 Å². The van der Waals surface area contributed by atoms with Crippen molar-refractivity contribution < 1.29 is 27.8 Å². The number of methoxy groups -OCH3 is 1. The molecule has 0 unspecified atom stereocenters. The number of phenolic OH excluding ortho intramolecular Hbond substituents is 1. The third-order valence-electron chi connectivity index (χ3n) is 5.58. The first-order valence-electron chi connectivity index (χ1n) is 10.9. The Balaban J connectivity index is 1.51. The molecular formula is C25H26N2O6S. The van der Waals surface area contributed by atoms with Gasteiger partial charge in [-0.25, -0.2) is 8.42 Å². The molecule has 1 heterocycles. The summed E-state index contributed by atoms with van der Waals surface area (Å²) < 4.78 is 38.3. The highest BCUT2D eigenvalue weighted by atomic mass is 32.2. The van der Waals surface area contributed by atoms with E-state index in [4.69, 9.17) is 9.47 Å². The molecule has 0 aromatic heterocycles. The van der Waals surface area contributed by atoms with Gasteiger partial charge in [-0.1, -0.05) is 30.3 Å². The SMILES string of the molecule is COc1cc(C(=O)Nc2cc(S(=O)(=O)N3CCCC3)ccc2O)ccc1OCc1ccccc1. The molecule has 178 valence electrons. The molecular weight excluding hydrogens is 456 g/mol. The molecule has 0 radical (unpaired) electrons. The van der Waals surface area contributed by atoms with Crippen molar-refractivity contribution in [3.63, 3.8) is 0 Å². The number of amides is 1. The fourth-order valence-corrected chi connectivity index (χ4v) is 5.25. The molecule has 0 atom stereocenters. The van der Waals surface area contributed by atoms with E-state index in [-0.39, 0.29) is 21.9 Å². The second-order valence-electron chi connectivity index (χ2n) is 7.88. The van der Waals surface area contributed by atoms with Gasteiger partial charge in [0.05, 0.1) is 17.7 Å². The molecule has 34 heavy (non-hydrogen) atoms. The van der Waals surface area contributed by atoms with Crippen LogP contribution in [0.5, 0.6) is 17.2 Å². The maximum Gasteiger partial charge on any atom is 0.255 e. The van der Waals surface area contributed by atoms with Crippen LogP contribution in [0.2, 0.25) is 0 Å². The number of rotatable bonds is 8. The quantitative estimate of drug-likeness (QED) is 0.470. The highest BCUT2D eigenvalue weighted by Gasteiger charge is 2.28. The number of benzene rings is 3. The normalized spacial score (nSPS) is 14.0. The highest BCUT2D eigenvalue weighted by Crippen LogP contribution is 2.32. The van der Waals surface area contributed by atoms with Gasteiger partial charge < -0.3 is 19.9 Å². The van der Waals surface area contributed by atoms with Crippen molar-refractivity contribution >= 4 is 21.6 Å². The van der Waals surface area contributed by atoms with Crippen LogP contribution in [0.1, 0.15) is 28.8 Å². The largest absolute Gasteiger partial charge is 0.506 e. The molecule has 1 amide bonds. The zero-order valence-corrected chi connectivity index (χ0v) is 19.5. The van der Waals surface area contributed by atoms with Gasteiger partial charge in [-0.05, 0) is 54.8 Å². The summed E-state index contributed by atoms with van der Waals surface area (Å²) in [6.45, 7) is 1.27. The molecule has 0 saturated carbocycles. The van der Waals surface area contributed by atoms with Gasteiger partial charge in [-0.15, -0.1) is 0 Å². The van der Waals surface area contributed by atoms with Crippen LogP contribution in [0.15, 0.2) is 71.6 Å². The Kier molecular flexibility index (Phi) is 7.04. The second kappa shape index (κ2) is 10.1. The van der Waals surface area contributed by atoms with Crippen LogP contribution in [-0.2, 0) is 16.6 Å². The van der Waals surface area contributed by atoms with Gasteiger partial charge in [0.1, 0.15) is 12.4 Å². The number of hydrogen-bond acceptors (Lipinski definition) is 6. The molecule has 1 fully saturated rings. The molecule has 3 aromatic rings. The van der Waals surface area contributed by atoms with Gasteiger partial charge in [0, 0.05) is 18.7 Å². The van der Waals surface area contributed by atoms with Crippen molar-refractivity contribution in [2.45, 2.75) is 24.3 Å². The van der Waals surface area contributed by atoms with Gasteiger partial charge in [0.2, 0.25) is 10.0 Å². The number of carbonyl (C=O) groups excluding carboxylic acids is 1. The van der Waals surface area contributed by atoms with Crippen LogP contribution >= 0.6 is 0 Å². The minimum Gasteiger partial charge on any atom is -0.506 e. The number of hydrogen-bond donors (Lipinski definition) is 2. The Hall–Kier alpha value is -3.56. The molecule has 4 rings (SSSR count). The number of sulfonamides is 1. The van der Waals surface area contributed by atoms with E-state index in [2.05, 4.69) is 5.32 Å². The minimum absolute atomic E-state index is 0.00800. The van der Waals surface area contributed by atoms with Crippen LogP contribution in [-0.4, -0.2) is 43.9 Å². The molecule has 3 aromatic carbocycles. The van der Waals surface area contributed by atoms with E-state index in [9.17, 15) is 18.3 Å². The summed E-state index contributed by atoms with van der Waals surface area (Å²) >= 11 is 0. The predicted octanol–water partition coefficient (Wildman–Crippen LogP) is 4.02. The van der Waals surface area contributed by atoms with E-state index in [0.29, 0.717) is 31.2 Å². The van der Waals surface area contributed by atoms with Crippen LogP contribution in [0.3, 0.4) is 0 Å². The molecule has 1 aliphatic rings. The average molecular weight is 483 g/mol. The molecule has 0 aliphatic carbocycles. The maximum atomic E-state index is 12.9.